The second-order valence-corrected chi connectivity index (χ2v) is 7.57. The van der Waals surface area contributed by atoms with Gasteiger partial charge >= 0.3 is 0 Å². The van der Waals surface area contributed by atoms with E-state index in [-0.39, 0.29) is 11.3 Å². The molecule has 2 heteroatoms. The fourth-order valence-corrected chi connectivity index (χ4v) is 2.90. The summed E-state index contributed by atoms with van der Waals surface area (Å²) in [6, 6.07) is 17.0. The molecule has 3 aromatic rings. The molecule has 26 heavy (non-hydrogen) atoms. The number of aldehydes is 1. The molecule has 0 saturated carbocycles. The van der Waals surface area contributed by atoms with Crippen LogP contribution in [0.25, 0.3) is 11.0 Å². The number of rotatable bonds is 4. The Kier molecular flexibility index (Phi) is 6.42. The zero-order chi connectivity index (χ0) is 19.3. The average molecular weight is 351 g/mol. The Morgan fingerprint density at radius 2 is 1.69 bits per heavy atom. The average Bonchev–Trinajstić information content (AvgIpc) is 3.05. The van der Waals surface area contributed by atoms with Gasteiger partial charge in [0.25, 0.3) is 0 Å². The van der Waals surface area contributed by atoms with Crippen LogP contribution < -0.4 is 0 Å². The van der Waals surface area contributed by atoms with Gasteiger partial charge in [0.1, 0.15) is 17.6 Å². The quantitative estimate of drug-likeness (QED) is 0.493. The van der Waals surface area contributed by atoms with Crippen LogP contribution in [0.4, 0.5) is 0 Å². The number of carbonyl (C=O) groups excluding carboxylic acids is 1. The van der Waals surface area contributed by atoms with Gasteiger partial charge in [-0.05, 0) is 53.6 Å². The second-order valence-electron chi connectivity index (χ2n) is 7.57. The van der Waals surface area contributed by atoms with Gasteiger partial charge in [-0.1, -0.05) is 65.0 Å². The van der Waals surface area contributed by atoms with Gasteiger partial charge < -0.3 is 9.21 Å². The van der Waals surface area contributed by atoms with Gasteiger partial charge in [-0.2, -0.15) is 0 Å². The third-order valence-electron chi connectivity index (χ3n) is 4.45. The zero-order valence-electron chi connectivity index (χ0n) is 16.8. The number of furan rings is 1. The van der Waals surface area contributed by atoms with E-state index in [4.69, 9.17) is 4.42 Å². The second kappa shape index (κ2) is 8.35. The molecular formula is C24H30O2. The van der Waals surface area contributed by atoms with Gasteiger partial charge in [-0.25, -0.2) is 0 Å². The predicted octanol–water partition coefficient (Wildman–Crippen LogP) is 6.65. The summed E-state index contributed by atoms with van der Waals surface area (Å²) >= 11 is 0. The van der Waals surface area contributed by atoms with E-state index >= 15 is 0 Å². The van der Waals surface area contributed by atoms with Crippen LogP contribution in [0.1, 0.15) is 69.9 Å². The minimum absolute atomic E-state index is 0.157. The first-order valence-electron chi connectivity index (χ1n) is 9.44. The minimum atomic E-state index is -0.204. The van der Waals surface area contributed by atoms with E-state index in [1.165, 1.54) is 16.7 Å². The lowest BCUT2D eigenvalue weighted by atomic mass is 9.85. The van der Waals surface area contributed by atoms with Gasteiger partial charge in [-0.3, -0.25) is 0 Å². The van der Waals surface area contributed by atoms with Crippen LogP contribution >= 0.6 is 0 Å². The summed E-state index contributed by atoms with van der Waals surface area (Å²) in [5.41, 5.74) is 4.91. The topological polar surface area (TPSA) is 30.2 Å². The number of benzene rings is 2. The monoisotopic (exact) mass is 350 g/mol. The number of hydrogen-bond donors (Lipinski definition) is 0. The van der Waals surface area contributed by atoms with Crippen molar-refractivity contribution in [2.45, 2.75) is 59.3 Å². The van der Waals surface area contributed by atoms with Crippen molar-refractivity contribution in [1.29, 1.82) is 0 Å². The van der Waals surface area contributed by atoms with Gasteiger partial charge in [0.15, 0.2) is 0 Å². The Morgan fingerprint density at radius 1 is 1.00 bits per heavy atom. The molecular weight excluding hydrogens is 320 g/mol. The van der Waals surface area contributed by atoms with Gasteiger partial charge in [0.2, 0.25) is 0 Å². The van der Waals surface area contributed by atoms with Crippen LogP contribution in [0.3, 0.4) is 0 Å². The standard InChI is InChI=1S/C22H24O2.C2H6/c1-15(14-23)21-13-18-11-17(8-9-20(18)24-21)10-16-6-5-7-19(12-16)22(2,3)4;1-2/h5-9,11-15H,10H2,1-4H3;1-2H3. The highest BCUT2D eigenvalue weighted by molar-refractivity contribution is 5.80. The zero-order valence-corrected chi connectivity index (χ0v) is 16.8. The highest BCUT2D eigenvalue weighted by Gasteiger charge is 2.14. The third-order valence-corrected chi connectivity index (χ3v) is 4.45. The van der Waals surface area contributed by atoms with Gasteiger partial charge in [-0.15, -0.1) is 0 Å². The maximum absolute atomic E-state index is 10.9. The van der Waals surface area contributed by atoms with Crippen molar-refractivity contribution in [2.75, 3.05) is 0 Å². The van der Waals surface area contributed by atoms with Crippen molar-refractivity contribution in [3.8, 4) is 0 Å². The van der Waals surface area contributed by atoms with E-state index in [2.05, 4.69) is 57.2 Å². The van der Waals surface area contributed by atoms with Crippen LogP contribution in [0, 0.1) is 0 Å². The highest BCUT2D eigenvalue weighted by atomic mass is 16.3. The molecule has 1 heterocycles. The SMILES string of the molecule is CC.CC(C=O)c1cc2cc(Cc3cccc(C(C)(C)C)c3)ccc2o1. The molecule has 0 radical (unpaired) electrons. The summed E-state index contributed by atoms with van der Waals surface area (Å²) < 4.78 is 5.76. The fraction of sp³-hybridized carbons (Fsp3) is 0.375. The molecule has 2 nitrogen and oxygen atoms in total. The minimum Gasteiger partial charge on any atom is -0.460 e. The van der Waals surface area contributed by atoms with E-state index in [1.54, 1.807) is 0 Å². The van der Waals surface area contributed by atoms with E-state index in [1.807, 2.05) is 32.9 Å². The first-order valence-corrected chi connectivity index (χ1v) is 9.44. The molecule has 1 unspecified atom stereocenters. The van der Waals surface area contributed by atoms with E-state index in [9.17, 15) is 4.79 Å². The smallest absolute Gasteiger partial charge is 0.134 e. The van der Waals surface area contributed by atoms with Crippen molar-refractivity contribution >= 4 is 17.3 Å². The normalized spacial score (nSPS) is 12.4. The Bertz CT molecular complexity index is 865. The molecule has 0 spiro atoms. The molecule has 0 amide bonds. The first kappa shape index (κ1) is 20.0. The van der Waals surface area contributed by atoms with E-state index in [0.29, 0.717) is 0 Å². The summed E-state index contributed by atoms with van der Waals surface area (Å²) in [6.45, 7) is 12.6. The molecule has 138 valence electrons. The van der Waals surface area contributed by atoms with Gasteiger partial charge in [0.05, 0.1) is 5.92 Å². The fourth-order valence-electron chi connectivity index (χ4n) is 2.90. The van der Waals surface area contributed by atoms with Crippen molar-refractivity contribution in [2.24, 2.45) is 0 Å². The van der Waals surface area contributed by atoms with Crippen LogP contribution in [0.2, 0.25) is 0 Å². The molecule has 0 aliphatic carbocycles. The lowest BCUT2D eigenvalue weighted by Crippen LogP contribution is -2.11. The summed E-state index contributed by atoms with van der Waals surface area (Å²) in [5, 5.41) is 1.06. The molecule has 3 rings (SSSR count). The Hall–Kier alpha value is -2.35. The summed E-state index contributed by atoms with van der Waals surface area (Å²) in [5.74, 6) is 0.524. The van der Waals surface area contributed by atoms with Crippen molar-refractivity contribution in [1.82, 2.24) is 0 Å². The molecule has 1 aromatic heterocycles. The molecule has 0 saturated heterocycles. The third kappa shape index (κ3) is 4.63. The molecule has 2 aromatic carbocycles. The van der Waals surface area contributed by atoms with Crippen LogP contribution in [0.15, 0.2) is 52.9 Å². The maximum atomic E-state index is 10.9. The summed E-state index contributed by atoms with van der Waals surface area (Å²) in [7, 11) is 0. The van der Waals surface area contributed by atoms with Crippen molar-refractivity contribution < 1.29 is 9.21 Å². The molecule has 1 atom stereocenters. The Labute approximate surface area is 157 Å². The summed E-state index contributed by atoms with van der Waals surface area (Å²) in [6.07, 6.45) is 1.81. The van der Waals surface area contributed by atoms with Crippen molar-refractivity contribution in [3.05, 3.63) is 71.0 Å². The predicted molar refractivity (Wildman–Crippen MR) is 110 cm³/mol. The first-order chi connectivity index (χ1) is 12.4. The molecule has 0 N–H and O–H groups in total. The molecule has 0 aliphatic heterocycles. The number of fused-ring (bicyclic) bond motifs is 1. The largest absolute Gasteiger partial charge is 0.460 e. The molecule has 0 bridgehead atoms. The van der Waals surface area contributed by atoms with E-state index in [0.717, 1.165) is 29.4 Å². The Balaban J connectivity index is 0.00000117. The number of carbonyl (C=O) groups is 1. The molecule has 0 fully saturated rings. The van der Waals surface area contributed by atoms with Crippen LogP contribution in [0.5, 0.6) is 0 Å². The van der Waals surface area contributed by atoms with Crippen molar-refractivity contribution in [3.63, 3.8) is 0 Å². The van der Waals surface area contributed by atoms with E-state index < -0.39 is 0 Å². The Morgan fingerprint density at radius 3 is 2.35 bits per heavy atom. The lowest BCUT2D eigenvalue weighted by molar-refractivity contribution is -0.109. The summed E-state index contributed by atoms with van der Waals surface area (Å²) in [4.78, 5) is 10.9. The highest BCUT2D eigenvalue weighted by Crippen LogP contribution is 2.27. The van der Waals surface area contributed by atoms with Crippen LogP contribution in [-0.2, 0) is 16.6 Å². The molecule has 0 aliphatic rings. The van der Waals surface area contributed by atoms with Crippen LogP contribution in [-0.4, -0.2) is 6.29 Å². The maximum Gasteiger partial charge on any atom is 0.134 e. The van der Waals surface area contributed by atoms with Gasteiger partial charge in [0, 0.05) is 5.39 Å². The lowest BCUT2D eigenvalue weighted by Gasteiger charge is -2.19. The number of hydrogen-bond acceptors (Lipinski definition) is 2.